The molecule has 7 nitrogen and oxygen atoms in total. The van der Waals surface area contributed by atoms with E-state index in [1.165, 1.54) is 18.5 Å². The number of nitrogens with one attached hydrogen (secondary N) is 1. The van der Waals surface area contributed by atoms with E-state index in [0.717, 1.165) is 49.1 Å². The van der Waals surface area contributed by atoms with E-state index in [2.05, 4.69) is 27.1 Å². The summed E-state index contributed by atoms with van der Waals surface area (Å²) in [4.78, 5) is 23.8. The van der Waals surface area contributed by atoms with Crippen LogP contribution in [0.1, 0.15) is 24.5 Å². The molecule has 0 bridgehead atoms. The van der Waals surface area contributed by atoms with E-state index in [0.29, 0.717) is 34.0 Å². The molecule has 208 valence electrons. The second-order valence-corrected chi connectivity index (χ2v) is 9.66. The van der Waals surface area contributed by atoms with Gasteiger partial charge in [-0.3, -0.25) is 9.69 Å². The summed E-state index contributed by atoms with van der Waals surface area (Å²) in [6.45, 7) is 4.98. The van der Waals surface area contributed by atoms with Gasteiger partial charge in [-0.05, 0) is 48.9 Å². The number of carbonyl (C=O) groups is 1. The van der Waals surface area contributed by atoms with Crippen molar-refractivity contribution in [1.82, 2.24) is 14.9 Å². The Bertz CT molecular complexity index is 1490. The topological polar surface area (TPSA) is 76.6 Å². The van der Waals surface area contributed by atoms with Crippen LogP contribution in [-0.2, 0) is 17.4 Å². The third-order valence-corrected chi connectivity index (χ3v) is 6.98. The highest BCUT2D eigenvalue weighted by Gasteiger charge is 2.30. The lowest BCUT2D eigenvalue weighted by Gasteiger charge is -2.18. The van der Waals surface area contributed by atoms with Crippen molar-refractivity contribution in [3.05, 3.63) is 78.1 Å². The number of anilines is 1. The predicted molar refractivity (Wildman–Crippen MR) is 146 cm³/mol. The lowest BCUT2D eigenvalue weighted by molar-refractivity contribution is -0.137. The van der Waals surface area contributed by atoms with Crippen molar-refractivity contribution < 1.29 is 27.4 Å². The molecule has 0 aliphatic carbocycles. The van der Waals surface area contributed by atoms with Gasteiger partial charge in [0.05, 0.1) is 30.3 Å². The summed E-state index contributed by atoms with van der Waals surface area (Å²) < 4.78 is 50.2. The van der Waals surface area contributed by atoms with Crippen LogP contribution in [0.3, 0.4) is 0 Å². The summed E-state index contributed by atoms with van der Waals surface area (Å²) in [6.07, 6.45) is -1.94. The molecule has 4 aromatic rings. The summed E-state index contributed by atoms with van der Waals surface area (Å²) in [5.41, 5.74) is 2.55. The molecule has 0 saturated carbocycles. The Hall–Kier alpha value is -4.18. The molecule has 1 aliphatic rings. The molecule has 10 heteroatoms. The molecule has 3 aromatic carbocycles. The Kier molecular flexibility index (Phi) is 7.88. The zero-order chi connectivity index (χ0) is 28.3. The molecule has 1 fully saturated rings. The van der Waals surface area contributed by atoms with Gasteiger partial charge in [-0.25, -0.2) is 9.97 Å². The zero-order valence-corrected chi connectivity index (χ0v) is 22.2. The number of halogens is 3. The number of likely N-dealkylation sites (tertiary alicyclic amines) is 1. The van der Waals surface area contributed by atoms with E-state index < -0.39 is 11.7 Å². The Morgan fingerprint density at radius 1 is 1.05 bits per heavy atom. The number of carbonyl (C=O) groups excluding carboxylic acids is 1. The molecule has 1 N–H and O–H groups in total. The quantitative estimate of drug-likeness (QED) is 0.291. The minimum Gasteiger partial charge on any atom is -0.493 e. The molecule has 2 heterocycles. The van der Waals surface area contributed by atoms with Gasteiger partial charge in [0.1, 0.15) is 12.4 Å². The maximum Gasteiger partial charge on any atom is 0.416 e. The highest BCUT2D eigenvalue weighted by atomic mass is 19.4. The number of hydrogen-bond donors (Lipinski definition) is 1. The Labute approximate surface area is 230 Å². The number of likely N-dealkylation sites (N-methyl/N-ethyl adjacent to an activating group) is 1. The van der Waals surface area contributed by atoms with Crippen LogP contribution in [0.4, 0.5) is 18.9 Å². The van der Waals surface area contributed by atoms with Crippen LogP contribution in [0.5, 0.6) is 11.5 Å². The fraction of sp³-hybridized carbons (Fsp3) is 0.300. The second-order valence-electron chi connectivity index (χ2n) is 9.66. The van der Waals surface area contributed by atoms with Gasteiger partial charge in [0.2, 0.25) is 5.91 Å². The van der Waals surface area contributed by atoms with Crippen molar-refractivity contribution in [2.75, 3.05) is 32.1 Å². The van der Waals surface area contributed by atoms with E-state index in [1.807, 2.05) is 24.3 Å². The number of hydrogen-bond acceptors (Lipinski definition) is 6. The average Bonchev–Trinajstić information content (AvgIpc) is 3.40. The van der Waals surface area contributed by atoms with Crippen molar-refractivity contribution in [2.24, 2.45) is 0 Å². The monoisotopic (exact) mass is 550 g/mol. The van der Waals surface area contributed by atoms with Crippen LogP contribution in [0.15, 0.2) is 67.0 Å². The van der Waals surface area contributed by atoms with Gasteiger partial charge in [0, 0.05) is 35.8 Å². The predicted octanol–water partition coefficient (Wildman–Crippen LogP) is 5.98. The van der Waals surface area contributed by atoms with Crippen LogP contribution in [0.25, 0.3) is 22.2 Å². The standard InChI is InChI=1S/C30H29F3N4O3/c1-3-37-13-12-23(17-37)40-27-15-24-25(16-26(27)39-2)34-18-35-29(24)20-6-10-22(11-7-20)36-28(38)14-19-4-8-21(9-5-19)30(31,32)33/h4-11,15-16,18,23H,3,12-14,17H2,1-2H3,(H,36,38). The maximum absolute atomic E-state index is 12.8. The van der Waals surface area contributed by atoms with Gasteiger partial charge in [-0.15, -0.1) is 0 Å². The number of nitrogens with zero attached hydrogens (tertiary/aromatic N) is 3. The van der Waals surface area contributed by atoms with Gasteiger partial charge in [-0.2, -0.15) is 13.2 Å². The number of methoxy groups -OCH3 is 1. The first-order chi connectivity index (χ1) is 19.2. The summed E-state index contributed by atoms with van der Waals surface area (Å²) in [6, 6.07) is 15.5. The molecule has 1 amide bonds. The average molecular weight is 551 g/mol. The molecular weight excluding hydrogens is 521 g/mol. The number of rotatable bonds is 8. The van der Waals surface area contributed by atoms with Gasteiger partial charge < -0.3 is 14.8 Å². The van der Waals surface area contributed by atoms with E-state index in [1.54, 1.807) is 19.2 Å². The van der Waals surface area contributed by atoms with Crippen molar-refractivity contribution in [1.29, 1.82) is 0 Å². The molecule has 0 spiro atoms. The second kappa shape index (κ2) is 11.5. The molecule has 1 aliphatic heterocycles. The molecular formula is C30H29F3N4O3. The van der Waals surface area contributed by atoms with Gasteiger partial charge in [0.15, 0.2) is 11.5 Å². The van der Waals surface area contributed by atoms with Gasteiger partial charge >= 0.3 is 6.18 Å². The Morgan fingerprint density at radius 3 is 2.45 bits per heavy atom. The molecule has 5 rings (SSSR count). The van der Waals surface area contributed by atoms with Crippen molar-refractivity contribution >= 4 is 22.5 Å². The number of aromatic nitrogens is 2. The maximum atomic E-state index is 12.8. The van der Waals surface area contributed by atoms with Crippen LogP contribution in [0.2, 0.25) is 0 Å². The molecule has 40 heavy (non-hydrogen) atoms. The molecule has 1 aromatic heterocycles. The highest BCUT2D eigenvalue weighted by molar-refractivity contribution is 5.95. The lowest BCUT2D eigenvalue weighted by atomic mass is 10.1. The summed E-state index contributed by atoms with van der Waals surface area (Å²) in [5.74, 6) is 0.918. The lowest BCUT2D eigenvalue weighted by Crippen LogP contribution is -2.24. The minimum atomic E-state index is -4.41. The van der Waals surface area contributed by atoms with E-state index in [9.17, 15) is 18.0 Å². The van der Waals surface area contributed by atoms with Crippen molar-refractivity contribution in [3.8, 4) is 22.8 Å². The largest absolute Gasteiger partial charge is 0.493 e. The summed E-state index contributed by atoms with van der Waals surface area (Å²) in [5, 5.41) is 3.60. The van der Waals surface area contributed by atoms with E-state index in [4.69, 9.17) is 9.47 Å². The number of amides is 1. The molecule has 1 unspecified atom stereocenters. The van der Waals surface area contributed by atoms with Crippen molar-refractivity contribution in [2.45, 2.75) is 32.0 Å². The number of ether oxygens (including phenoxy) is 2. The normalized spacial score (nSPS) is 15.8. The first-order valence-electron chi connectivity index (χ1n) is 13.0. The first kappa shape index (κ1) is 27.4. The number of fused-ring (bicyclic) bond motifs is 1. The van der Waals surface area contributed by atoms with Crippen LogP contribution in [-0.4, -0.2) is 53.6 Å². The zero-order valence-electron chi connectivity index (χ0n) is 22.2. The summed E-state index contributed by atoms with van der Waals surface area (Å²) >= 11 is 0. The summed E-state index contributed by atoms with van der Waals surface area (Å²) in [7, 11) is 1.60. The van der Waals surface area contributed by atoms with E-state index in [-0.39, 0.29) is 18.4 Å². The molecule has 1 saturated heterocycles. The third-order valence-electron chi connectivity index (χ3n) is 6.98. The first-order valence-corrected chi connectivity index (χ1v) is 13.0. The molecule has 0 radical (unpaired) electrons. The van der Waals surface area contributed by atoms with Crippen molar-refractivity contribution in [3.63, 3.8) is 0 Å². The number of alkyl halides is 3. The molecule has 1 atom stereocenters. The van der Waals surface area contributed by atoms with Crippen LogP contribution >= 0.6 is 0 Å². The Morgan fingerprint density at radius 2 is 1.80 bits per heavy atom. The van der Waals surface area contributed by atoms with Crippen LogP contribution < -0.4 is 14.8 Å². The van der Waals surface area contributed by atoms with Crippen LogP contribution in [0, 0.1) is 0 Å². The van der Waals surface area contributed by atoms with Gasteiger partial charge in [-0.1, -0.05) is 31.2 Å². The van der Waals surface area contributed by atoms with Gasteiger partial charge in [0.25, 0.3) is 0 Å². The highest BCUT2D eigenvalue weighted by Crippen LogP contribution is 2.37. The Balaban J connectivity index is 1.32. The SMILES string of the molecule is CCN1CCC(Oc2cc3c(-c4ccc(NC(=O)Cc5ccc(C(F)(F)F)cc5)cc4)ncnc3cc2OC)C1. The van der Waals surface area contributed by atoms with E-state index >= 15 is 0 Å². The smallest absolute Gasteiger partial charge is 0.416 e. The fourth-order valence-corrected chi connectivity index (χ4v) is 4.82. The fourth-order valence-electron chi connectivity index (χ4n) is 4.82. The third kappa shape index (κ3) is 6.17. The number of benzene rings is 3. The minimum absolute atomic E-state index is 0.0436.